The number of rotatable bonds is 6. The second kappa shape index (κ2) is 6.89. The van der Waals surface area contributed by atoms with E-state index in [0.29, 0.717) is 6.42 Å². The van der Waals surface area contributed by atoms with Gasteiger partial charge in [0.2, 0.25) is 10.0 Å². The average Bonchev–Trinajstić information content (AvgIpc) is 2.48. The Balaban J connectivity index is 1.97. The number of benzene rings is 1. The van der Waals surface area contributed by atoms with Crippen LogP contribution in [-0.2, 0) is 16.4 Å². The van der Waals surface area contributed by atoms with E-state index in [1.165, 1.54) is 18.3 Å². The van der Waals surface area contributed by atoms with Gasteiger partial charge in [0, 0.05) is 12.7 Å². The first kappa shape index (κ1) is 15.8. The van der Waals surface area contributed by atoms with E-state index in [0.717, 1.165) is 11.3 Å². The Morgan fingerprint density at radius 1 is 1.24 bits per heavy atom. The second-order valence-electron chi connectivity index (χ2n) is 4.29. The number of aromatic nitrogens is 1. The fourth-order valence-corrected chi connectivity index (χ4v) is 3.25. The summed E-state index contributed by atoms with van der Waals surface area (Å²) < 4.78 is 31.8. The molecule has 21 heavy (non-hydrogen) atoms. The fraction of sp³-hybridized carbons (Fsp3) is 0.214. The highest BCUT2D eigenvalue weighted by Crippen LogP contribution is 2.17. The summed E-state index contributed by atoms with van der Waals surface area (Å²) in [5.74, 6) is 0.765. The fourth-order valence-electron chi connectivity index (χ4n) is 1.77. The van der Waals surface area contributed by atoms with Crippen molar-refractivity contribution >= 4 is 21.6 Å². The van der Waals surface area contributed by atoms with Crippen molar-refractivity contribution in [2.24, 2.45) is 0 Å². The third-order valence-electron chi connectivity index (χ3n) is 2.88. The number of nitrogens with zero attached hydrogens (tertiary/aromatic N) is 1. The van der Waals surface area contributed by atoms with E-state index in [9.17, 15) is 8.42 Å². The van der Waals surface area contributed by atoms with Gasteiger partial charge >= 0.3 is 0 Å². The van der Waals surface area contributed by atoms with Crippen molar-refractivity contribution in [2.75, 3.05) is 13.7 Å². The molecule has 0 radical (unpaired) electrons. The molecule has 0 spiro atoms. The molecule has 0 aliphatic rings. The number of hydrogen-bond acceptors (Lipinski definition) is 4. The minimum Gasteiger partial charge on any atom is -0.497 e. The maximum Gasteiger partial charge on any atom is 0.243 e. The Morgan fingerprint density at radius 2 is 1.95 bits per heavy atom. The lowest BCUT2D eigenvalue weighted by molar-refractivity contribution is 0.414. The maximum atomic E-state index is 12.1. The first-order valence-corrected chi connectivity index (χ1v) is 8.12. The summed E-state index contributed by atoms with van der Waals surface area (Å²) in [5, 5.41) is -0.0329. The van der Waals surface area contributed by atoms with Crippen LogP contribution >= 0.6 is 11.6 Å². The van der Waals surface area contributed by atoms with E-state index in [4.69, 9.17) is 16.3 Å². The van der Waals surface area contributed by atoms with E-state index in [2.05, 4.69) is 9.71 Å². The van der Waals surface area contributed by atoms with Crippen LogP contribution in [0.3, 0.4) is 0 Å². The topological polar surface area (TPSA) is 68.3 Å². The molecule has 1 aromatic heterocycles. The van der Waals surface area contributed by atoms with Crippen molar-refractivity contribution in [1.82, 2.24) is 9.71 Å². The van der Waals surface area contributed by atoms with Crippen LogP contribution in [0.4, 0.5) is 0 Å². The predicted molar refractivity (Wildman–Crippen MR) is 81.1 cm³/mol. The van der Waals surface area contributed by atoms with Crippen LogP contribution in [0.2, 0.25) is 5.15 Å². The third kappa shape index (κ3) is 4.17. The molecule has 0 atom stereocenters. The molecule has 0 saturated heterocycles. The Morgan fingerprint density at radius 3 is 2.57 bits per heavy atom. The number of ether oxygens (including phenoxy) is 1. The van der Waals surface area contributed by atoms with Gasteiger partial charge in [-0.3, -0.25) is 0 Å². The molecule has 0 fully saturated rings. The zero-order valence-corrected chi connectivity index (χ0v) is 13.0. The lowest BCUT2D eigenvalue weighted by atomic mass is 10.1. The molecule has 2 aromatic rings. The number of halogens is 1. The monoisotopic (exact) mass is 326 g/mol. The molecule has 0 amide bonds. The Hall–Kier alpha value is -1.63. The van der Waals surface area contributed by atoms with Crippen molar-refractivity contribution in [1.29, 1.82) is 0 Å². The van der Waals surface area contributed by atoms with E-state index < -0.39 is 10.0 Å². The van der Waals surface area contributed by atoms with Crippen molar-refractivity contribution in [3.8, 4) is 5.75 Å². The quantitative estimate of drug-likeness (QED) is 0.827. The van der Waals surface area contributed by atoms with Crippen molar-refractivity contribution < 1.29 is 13.2 Å². The molecule has 0 unspecified atom stereocenters. The Kier molecular flexibility index (Phi) is 5.17. The number of hydrogen-bond donors (Lipinski definition) is 1. The van der Waals surface area contributed by atoms with Gasteiger partial charge in [0.05, 0.1) is 7.11 Å². The van der Waals surface area contributed by atoms with Gasteiger partial charge in [-0.05, 0) is 36.2 Å². The Bertz CT molecular complexity index is 702. The molecule has 7 heteroatoms. The van der Waals surface area contributed by atoms with Gasteiger partial charge in [-0.2, -0.15) is 0 Å². The molecule has 0 saturated carbocycles. The SMILES string of the molecule is COc1ccc(CCNS(=O)(=O)c2cccnc2Cl)cc1. The van der Waals surface area contributed by atoms with Gasteiger partial charge in [0.15, 0.2) is 0 Å². The van der Waals surface area contributed by atoms with E-state index in [1.807, 2.05) is 24.3 Å². The highest BCUT2D eigenvalue weighted by atomic mass is 35.5. The van der Waals surface area contributed by atoms with E-state index in [1.54, 1.807) is 7.11 Å². The number of sulfonamides is 1. The zero-order chi connectivity index (χ0) is 15.3. The molecular weight excluding hydrogens is 312 g/mol. The number of pyridine rings is 1. The number of methoxy groups -OCH3 is 1. The predicted octanol–water partition coefficient (Wildman–Crippen LogP) is 2.26. The Labute approximate surface area is 129 Å². The van der Waals surface area contributed by atoms with Crippen molar-refractivity contribution in [2.45, 2.75) is 11.3 Å². The molecule has 5 nitrogen and oxygen atoms in total. The molecule has 0 aliphatic heterocycles. The molecule has 1 aromatic carbocycles. The van der Waals surface area contributed by atoms with Gasteiger partial charge in [-0.25, -0.2) is 18.1 Å². The minimum absolute atomic E-state index is 0.0126. The lowest BCUT2D eigenvalue weighted by Gasteiger charge is -2.08. The number of nitrogens with one attached hydrogen (secondary N) is 1. The second-order valence-corrected chi connectivity index (χ2v) is 6.38. The standard InChI is InChI=1S/C14H15ClN2O3S/c1-20-12-6-4-11(5-7-12)8-10-17-21(18,19)13-3-2-9-16-14(13)15/h2-7,9,17H,8,10H2,1H3. The summed E-state index contributed by atoms with van der Waals surface area (Å²) in [6, 6.07) is 10.4. The summed E-state index contributed by atoms with van der Waals surface area (Å²) >= 11 is 5.79. The maximum absolute atomic E-state index is 12.1. The van der Waals surface area contributed by atoms with Crippen LogP contribution in [0.15, 0.2) is 47.5 Å². The summed E-state index contributed by atoms with van der Waals surface area (Å²) in [7, 11) is -2.05. The molecule has 1 heterocycles. The minimum atomic E-state index is -3.64. The van der Waals surface area contributed by atoms with Gasteiger partial charge < -0.3 is 4.74 Å². The van der Waals surface area contributed by atoms with Crippen molar-refractivity contribution in [3.05, 3.63) is 53.3 Å². The van der Waals surface area contributed by atoms with Crippen LogP contribution in [0.1, 0.15) is 5.56 Å². The van der Waals surface area contributed by atoms with Crippen LogP contribution in [0.25, 0.3) is 0 Å². The van der Waals surface area contributed by atoms with Crippen LogP contribution < -0.4 is 9.46 Å². The van der Waals surface area contributed by atoms with Crippen LogP contribution in [-0.4, -0.2) is 27.1 Å². The van der Waals surface area contributed by atoms with Crippen LogP contribution in [0.5, 0.6) is 5.75 Å². The molecule has 112 valence electrons. The van der Waals surface area contributed by atoms with E-state index >= 15 is 0 Å². The zero-order valence-electron chi connectivity index (χ0n) is 11.4. The summed E-state index contributed by atoms with van der Waals surface area (Å²) in [6.45, 7) is 0.278. The molecular formula is C14H15ClN2O3S. The highest BCUT2D eigenvalue weighted by molar-refractivity contribution is 7.89. The molecule has 2 rings (SSSR count). The first-order valence-electron chi connectivity index (χ1n) is 6.26. The van der Waals surface area contributed by atoms with Gasteiger partial charge in [0.1, 0.15) is 15.8 Å². The van der Waals surface area contributed by atoms with Gasteiger partial charge in [-0.15, -0.1) is 0 Å². The molecule has 0 aliphatic carbocycles. The smallest absolute Gasteiger partial charge is 0.243 e. The van der Waals surface area contributed by atoms with E-state index in [-0.39, 0.29) is 16.6 Å². The van der Waals surface area contributed by atoms with Crippen LogP contribution in [0, 0.1) is 0 Å². The van der Waals surface area contributed by atoms with Gasteiger partial charge in [-0.1, -0.05) is 23.7 Å². The van der Waals surface area contributed by atoms with Gasteiger partial charge in [0.25, 0.3) is 0 Å². The largest absolute Gasteiger partial charge is 0.497 e. The average molecular weight is 327 g/mol. The highest BCUT2D eigenvalue weighted by Gasteiger charge is 2.17. The third-order valence-corrected chi connectivity index (χ3v) is 4.79. The van der Waals surface area contributed by atoms with Crippen molar-refractivity contribution in [3.63, 3.8) is 0 Å². The summed E-state index contributed by atoms with van der Waals surface area (Å²) in [4.78, 5) is 3.75. The lowest BCUT2D eigenvalue weighted by Crippen LogP contribution is -2.26. The summed E-state index contributed by atoms with van der Waals surface area (Å²) in [5.41, 5.74) is 1.01. The molecule has 0 bridgehead atoms. The summed E-state index contributed by atoms with van der Waals surface area (Å²) in [6.07, 6.45) is 2.01. The first-order chi connectivity index (χ1) is 10.0. The molecule has 1 N–H and O–H groups in total. The normalized spacial score (nSPS) is 11.3.